The number of anilines is 1. The molecule has 0 fully saturated rings. The minimum atomic E-state index is 0. The monoisotopic (exact) mass is 375 g/mol. The first kappa shape index (κ1) is 16.2. The highest BCUT2D eigenvalue weighted by Gasteiger charge is 2.02. The van der Waals surface area contributed by atoms with Crippen molar-refractivity contribution in [3.05, 3.63) is 65.5 Å². The fourth-order valence-electron chi connectivity index (χ4n) is 1.82. The second kappa shape index (κ2) is 7.72. The summed E-state index contributed by atoms with van der Waals surface area (Å²) in [6.45, 7) is 0. The van der Waals surface area contributed by atoms with E-state index in [0.29, 0.717) is 10.7 Å². The van der Waals surface area contributed by atoms with Gasteiger partial charge in [-0.2, -0.15) is 5.10 Å². The van der Waals surface area contributed by atoms with Crippen molar-refractivity contribution in [3.63, 3.8) is 0 Å². The smallest absolute Gasteiger partial charge is 0.203 e. The second-order valence-corrected chi connectivity index (χ2v) is 5.19. The van der Waals surface area contributed by atoms with Crippen molar-refractivity contribution in [2.75, 3.05) is 5.43 Å². The maximum absolute atomic E-state index is 9.63. The van der Waals surface area contributed by atoms with E-state index in [1.165, 1.54) is 11.3 Å². The van der Waals surface area contributed by atoms with Crippen molar-refractivity contribution >= 4 is 39.7 Å². The SMILES string of the molecule is Br.Oc1ccccc1/C=N/Nc1nc(-c2ccccc2)cs1. The van der Waals surface area contributed by atoms with Gasteiger partial charge in [-0.25, -0.2) is 4.98 Å². The summed E-state index contributed by atoms with van der Waals surface area (Å²) in [5.41, 5.74) is 5.53. The van der Waals surface area contributed by atoms with Crippen LogP contribution in [0.2, 0.25) is 0 Å². The Morgan fingerprint density at radius 3 is 2.55 bits per heavy atom. The van der Waals surface area contributed by atoms with Gasteiger partial charge in [-0.3, -0.25) is 5.43 Å². The van der Waals surface area contributed by atoms with Crippen LogP contribution < -0.4 is 5.43 Å². The molecule has 0 amide bonds. The van der Waals surface area contributed by atoms with Crippen molar-refractivity contribution in [1.29, 1.82) is 0 Å². The highest BCUT2D eigenvalue weighted by molar-refractivity contribution is 8.93. The molecule has 3 aromatic rings. The molecule has 4 nitrogen and oxygen atoms in total. The predicted molar refractivity (Wildman–Crippen MR) is 97.2 cm³/mol. The fourth-order valence-corrected chi connectivity index (χ4v) is 2.49. The molecule has 2 N–H and O–H groups in total. The van der Waals surface area contributed by atoms with Gasteiger partial charge in [0.05, 0.1) is 11.9 Å². The number of thiazole rings is 1. The number of phenolic OH excluding ortho intramolecular Hbond substituents is 1. The Kier molecular flexibility index (Phi) is 5.68. The van der Waals surface area contributed by atoms with Crippen LogP contribution in [0.15, 0.2) is 65.1 Å². The van der Waals surface area contributed by atoms with Gasteiger partial charge in [-0.1, -0.05) is 42.5 Å². The van der Waals surface area contributed by atoms with Crippen LogP contribution in [0.4, 0.5) is 5.13 Å². The lowest BCUT2D eigenvalue weighted by Crippen LogP contribution is -1.90. The van der Waals surface area contributed by atoms with E-state index in [4.69, 9.17) is 0 Å². The molecule has 0 atom stereocenters. The van der Waals surface area contributed by atoms with E-state index < -0.39 is 0 Å². The summed E-state index contributed by atoms with van der Waals surface area (Å²) < 4.78 is 0. The molecule has 3 rings (SSSR count). The third-order valence-corrected chi connectivity index (χ3v) is 3.62. The number of halogens is 1. The van der Waals surface area contributed by atoms with Crippen LogP contribution in [-0.2, 0) is 0 Å². The van der Waals surface area contributed by atoms with Gasteiger partial charge in [0.1, 0.15) is 5.75 Å². The molecule has 6 heteroatoms. The topological polar surface area (TPSA) is 57.5 Å². The Morgan fingerprint density at radius 1 is 1.05 bits per heavy atom. The summed E-state index contributed by atoms with van der Waals surface area (Å²) in [7, 11) is 0. The average molecular weight is 376 g/mol. The number of aromatic nitrogens is 1. The van der Waals surface area contributed by atoms with Crippen LogP contribution in [-0.4, -0.2) is 16.3 Å². The Balaban J connectivity index is 0.00000176. The summed E-state index contributed by atoms with van der Waals surface area (Å²) in [5.74, 6) is 0.201. The first-order chi connectivity index (χ1) is 10.3. The first-order valence-electron chi connectivity index (χ1n) is 6.41. The molecule has 0 radical (unpaired) electrons. The Morgan fingerprint density at radius 2 is 1.77 bits per heavy atom. The maximum atomic E-state index is 9.63. The van der Waals surface area contributed by atoms with Gasteiger partial charge in [0.25, 0.3) is 0 Å². The standard InChI is InChI=1S/C16H13N3OS.BrH/c20-15-9-5-4-8-13(15)10-17-19-16-18-14(11-21-16)12-6-2-1-3-7-12;/h1-11,20H,(H,18,19);1H/b17-10+;. The summed E-state index contributed by atoms with van der Waals surface area (Å²) in [5, 5.41) is 16.4. The number of para-hydroxylation sites is 1. The third-order valence-electron chi connectivity index (χ3n) is 2.87. The molecule has 0 saturated carbocycles. The van der Waals surface area contributed by atoms with Crippen LogP contribution in [0, 0.1) is 0 Å². The van der Waals surface area contributed by atoms with Crippen molar-refractivity contribution < 1.29 is 5.11 Å². The van der Waals surface area contributed by atoms with E-state index >= 15 is 0 Å². The van der Waals surface area contributed by atoms with Crippen LogP contribution in [0.5, 0.6) is 5.75 Å². The number of nitrogens with one attached hydrogen (secondary N) is 1. The highest BCUT2D eigenvalue weighted by atomic mass is 79.9. The molecule has 1 heterocycles. The van der Waals surface area contributed by atoms with Crippen LogP contribution in [0.3, 0.4) is 0 Å². The summed E-state index contributed by atoms with van der Waals surface area (Å²) in [6, 6.07) is 17.0. The Hall–Kier alpha value is -2.18. The molecular formula is C16H14BrN3OS. The molecule has 0 aliphatic heterocycles. The molecule has 1 aromatic heterocycles. The molecule has 0 aliphatic rings. The van der Waals surface area contributed by atoms with E-state index in [-0.39, 0.29) is 22.7 Å². The zero-order valence-electron chi connectivity index (χ0n) is 11.5. The number of phenols is 1. The maximum Gasteiger partial charge on any atom is 0.203 e. The first-order valence-corrected chi connectivity index (χ1v) is 7.29. The zero-order chi connectivity index (χ0) is 14.5. The lowest BCUT2D eigenvalue weighted by molar-refractivity contribution is 0.474. The van der Waals surface area contributed by atoms with Gasteiger partial charge in [0.15, 0.2) is 0 Å². The van der Waals surface area contributed by atoms with Gasteiger partial charge in [-0.05, 0) is 12.1 Å². The van der Waals surface area contributed by atoms with Crippen molar-refractivity contribution in [3.8, 4) is 17.0 Å². The fraction of sp³-hybridized carbons (Fsp3) is 0. The van der Waals surface area contributed by atoms with Gasteiger partial charge in [0, 0.05) is 16.5 Å². The van der Waals surface area contributed by atoms with E-state index in [9.17, 15) is 5.11 Å². The quantitative estimate of drug-likeness (QED) is 0.519. The third kappa shape index (κ3) is 3.93. The predicted octanol–water partition coefficient (Wildman–Crippen LogP) is 4.54. The molecule has 2 aromatic carbocycles. The summed E-state index contributed by atoms with van der Waals surface area (Å²) >= 11 is 1.49. The van der Waals surface area contributed by atoms with Crippen molar-refractivity contribution in [2.24, 2.45) is 5.10 Å². The zero-order valence-corrected chi connectivity index (χ0v) is 14.0. The lowest BCUT2D eigenvalue weighted by Gasteiger charge is -1.97. The second-order valence-electron chi connectivity index (χ2n) is 4.33. The van der Waals surface area contributed by atoms with E-state index in [1.54, 1.807) is 24.4 Å². The molecule has 0 aliphatic carbocycles. The number of hydrazone groups is 1. The molecule has 0 spiro atoms. The molecule has 0 saturated heterocycles. The van der Waals surface area contributed by atoms with E-state index in [0.717, 1.165) is 11.3 Å². The number of hydrogen-bond donors (Lipinski definition) is 2. The Labute approximate surface area is 142 Å². The molecular weight excluding hydrogens is 362 g/mol. The Bertz CT molecular complexity index is 759. The van der Waals surface area contributed by atoms with Crippen molar-refractivity contribution in [2.45, 2.75) is 0 Å². The number of nitrogens with zero attached hydrogens (tertiary/aromatic N) is 2. The number of hydrogen-bond acceptors (Lipinski definition) is 5. The van der Waals surface area contributed by atoms with Crippen LogP contribution in [0.25, 0.3) is 11.3 Å². The summed E-state index contributed by atoms with van der Waals surface area (Å²) in [6.07, 6.45) is 1.57. The van der Waals surface area contributed by atoms with Gasteiger partial charge < -0.3 is 5.11 Å². The summed E-state index contributed by atoms with van der Waals surface area (Å²) in [4.78, 5) is 4.47. The number of rotatable bonds is 4. The molecule has 22 heavy (non-hydrogen) atoms. The highest BCUT2D eigenvalue weighted by Crippen LogP contribution is 2.24. The van der Waals surface area contributed by atoms with Gasteiger partial charge >= 0.3 is 0 Å². The lowest BCUT2D eigenvalue weighted by atomic mass is 10.2. The van der Waals surface area contributed by atoms with Crippen LogP contribution >= 0.6 is 28.3 Å². The van der Waals surface area contributed by atoms with E-state index in [1.807, 2.05) is 41.8 Å². The molecule has 0 bridgehead atoms. The molecule has 112 valence electrons. The van der Waals surface area contributed by atoms with Gasteiger partial charge in [-0.15, -0.1) is 28.3 Å². The average Bonchev–Trinajstić information content (AvgIpc) is 2.99. The van der Waals surface area contributed by atoms with E-state index in [2.05, 4.69) is 15.5 Å². The number of benzene rings is 2. The molecule has 0 unspecified atom stereocenters. The van der Waals surface area contributed by atoms with Gasteiger partial charge in [0.2, 0.25) is 5.13 Å². The largest absolute Gasteiger partial charge is 0.507 e. The normalized spacial score (nSPS) is 10.4. The van der Waals surface area contributed by atoms with Crippen molar-refractivity contribution in [1.82, 2.24) is 4.98 Å². The minimum absolute atomic E-state index is 0. The number of aromatic hydroxyl groups is 1. The minimum Gasteiger partial charge on any atom is -0.507 e. The van der Waals surface area contributed by atoms with Crippen LogP contribution in [0.1, 0.15) is 5.56 Å².